The number of carbonyl (C=O) groups is 3. The van der Waals surface area contributed by atoms with E-state index in [0.29, 0.717) is 12.0 Å². The van der Waals surface area contributed by atoms with E-state index < -0.39 is 29.8 Å². The molecule has 0 spiro atoms. The molecule has 2 amide bonds. The lowest BCUT2D eigenvalue weighted by Gasteiger charge is -2.38. The maximum atomic E-state index is 12.9. The van der Waals surface area contributed by atoms with Crippen LogP contribution < -0.4 is 5.32 Å². The van der Waals surface area contributed by atoms with Crippen molar-refractivity contribution < 1.29 is 29.0 Å². The number of methoxy groups -OCH3 is 1. The van der Waals surface area contributed by atoms with Crippen LogP contribution >= 0.6 is 0 Å². The Labute approximate surface area is 171 Å². The minimum atomic E-state index is -0.814. The maximum Gasteiger partial charge on any atom is 0.410 e. The number of likely N-dealkylation sites (tertiary alicyclic amines) is 1. The normalized spacial score (nSPS) is 20.6. The first-order valence-corrected chi connectivity index (χ1v) is 9.68. The third-order valence-corrected chi connectivity index (χ3v) is 4.70. The Morgan fingerprint density at radius 3 is 2.38 bits per heavy atom. The summed E-state index contributed by atoms with van der Waals surface area (Å²) in [5.74, 6) is -0.795. The van der Waals surface area contributed by atoms with E-state index in [1.165, 1.54) is 12.0 Å². The molecule has 1 aliphatic heterocycles. The molecule has 0 aromatic heterocycles. The van der Waals surface area contributed by atoms with Crippen LogP contribution in [-0.4, -0.2) is 59.4 Å². The molecule has 1 aromatic carbocycles. The van der Waals surface area contributed by atoms with E-state index in [9.17, 15) is 19.5 Å². The fourth-order valence-electron chi connectivity index (χ4n) is 3.15. The van der Waals surface area contributed by atoms with Crippen LogP contribution in [0.3, 0.4) is 0 Å². The number of esters is 1. The lowest BCUT2D eigenvalue weighted by atomic mass is 9.98. The first-order valence-electron chi connectivity index (χ1n) is 9.68. The molecule has 0 bridgehead atoms. The van der Waals surface area contributed by atoms with Crippen molar-refractivity contribution in [2.45, 2.75) is 64.3 Å². The van der Waals surface area contributed by atoms with Crippen molar-refractivity contribution in [2.75, 3.05) is 13.7 Å². The number of nitrogens with zero attached hydrogens (tertiary/aromatic N) is 1. The van der Waals surface area contributed by atoms with Gasteiger partial charge in [0.25, 0.3) is 0 Å². The van der Waals surface area contributed by atoms with Gasteiger partial charge in [-0.1, -0.05) is 12.1 Å². The summed E-state index contributed by atoms with van der Waals surface area (Å²) in [6.45, 7) is 7.34. The molecule has 29 heavy (non-hydrogen) atoms. The molecule has 8 heteroatoms. The monoisotopic (exact) mass is 406 g/mol. The summed E-state index contributed by atoms with van der Waals surface area (Å²) in [7, 11) is 1.31. The fraction of sp³-hybridized carbons (Fsp3) is 0.571. The number of amides is 2. The van der Waals surface area contributed by atoms with Crippen LogP contribution in [0.5, 0.6) is 0 Å². The summed E-state index contributed by atoms with van der Waals surface area (Å²) in [6.07, 6.45) is -0.675. The SMILES string of the molecule is COC(=O)c1ccc([C@H](C)NC(=O)[C@H]2CC(O)CCN2C(=O)OC(C)(C)C)cc1. The van der Waals surface area contributed by atoms with Crippen molar-refractivity contribution in [2.24, 2.45) is 0 Å². The van der Waals surface area contributed by atoms with E-state index in [-0.39, 0.29) is 24.9 Å². The summed E-state index contributed by atoms with van der Waals surface area (Å²) >= 11 is 0. The minimum Gasteiger partial charge on any atom is -0.465 e. The number of benzene rings is 1. The molecule has 1 aromatic rings. The van der Waals surface area contributed by atoms with Gasteiger partial charge in [0, 0.05) is 13.0 Å². The lowest BCUT2D eigenvalue weighted by Crippen LogP contribution is -2.55. The van der Waals surface area contributed by atoms with Crippen molar-refractivity contribution >= 4 is 18.0 Å². The standard InChI is InChI=1S/C21H30N2O6/c1-13(14-6-8-15(9-7-14)19(26)28-5)22-18(25)17-12-16(24)10-11-23(17)20(27)29-21(2,3)4/h6-9,13,16-17,24H,10-12H2,1-5H3,(H,22,25)/t13-,16?,17+/m0/s1. The second-order valence-corrected chi connectivity index (χ2v) is 8.21. The van der Waals surface area contributed by atoms with Gasteiger partial charge in [0.1, 0.15) is 11.6 Å². The number of ether oxygens (including phenoxy) is 2. The third kappa shape index (κ3) is 6.19. The Balaban J connectivity index is 2.09. The van der Waals surface area contributed by atoms with Crippen molar-refractivity contribution in [1.82, 2.24) is 10.2 Å². The van der Waals surface area contributed by atoms with Gasteiger partial charge in [0.15, 0.2) is 0 Å². The zero-order valence-electron chi connectivity index (χ0n) is 17.6. The van der Waals surface area contributed by atoms with Gasteiger partial charge in [0.2, 0.25) is 5.91 Å². The molecule has 2 rings (SSSR count). The van der Waals surface area contributed by atoms with Gasteiger partial charge >= 0.3 is 12.1 Å². The average Bonchev–Trinajstić information content (AvgIpc) is 2.65. The minimum absolute atomic E-state index is 0.152. The summed E-state index contributed by atoms with van der Waals surface area (Å²) in [4.78, 5) is 38.3. The van der Waals surface area contributed by atoms with Crippen LogP contribution in [0.25, 0.3) is 0 Å². The average molecular weight is 406 g/mol. The first kappa shape index (κ1) is 22.7. The number of piperidine rings is 1. The first-order chi connectivity index (χ1) is 13.5. The number of hydrogen-bond acceptors (Lipinski definition) is 6. The molecule has 2 N–H and O–H groups in total. The highest BCUT2D eigenvalue weighted by Crippen LogP contribution is 2.22. The zero-order valence-corrected chi connectivity index (χ0v) is 17.6. The molecule has 0 radical (unpaired) electrons. The number of aliphatic hydroxyl groups excluding tert-OH is 1. The Morgan fingerprint density at radius 2 is 1.83 bits per heavy atom. The van der Waals surface area contributed by atoms with Crippen LogP contribution in [0.15, 0.2) is 24.3 Å². The molecular formula is C21H30N2O6. The Morgan fingerprint density at radius 1 is 1.21 bits per heavy atom. The second kappa shape index (κ2) is 9.26. The highest BCUT2D eigenvalue weighted by Gasteiger charge is 2.38. The fourth-order valence-corrected chi connectivity index (χ4v) is 3.15. The molecule has 0 aliphatic carbocycles. The summed E-state index contributed by atoms with van der Waals surface area (Å²) in [6, 6.07) is 5.55. The molecule has 1 saturated heterocycles. The van der Waals surface area contributed by atoms with Gasteiger partial charge in [-0.25, -0.2) is 9.59 Å². The van der Waals surface area contributed by atoms with Crippen LogP contribution in [0.1, 0.15) is 62.5 Å². The number of hydrogen-bond donors (Lipinski definition) is 2. The van der Waals surface area contributed by atoms with Crippen LogP contribution in [0, 0.1) is 0 Å². The molecule has 1 fully saturated rings. The van der Waals surface area contributed by atoms with Crippen molar-refractivity contribution in [3.8, 4) is 0 Å². The largest absolute Gasteiger partial charge is 0.465 e. The van der Waals surface area contributed by atoms with Gasteiger partial charge in [-0.15, -0.1) is 0 Å². The topological polar surface area (TPSA) is 105 Å². The Bertz CT molecular complexity index is 741. The molecule has 1 unspecified atom stereocenters. The number of nitrogens with one attached hydrogen (secondary N) is 1. The summed E-state index contributed by atoms with van der Waals surface area (Å²) in [5.41, 5.74) is 0.538. The van der Waals surface area contributed by atoms with Crippen LogP contribution in [0.4, 0.5) is 4.79 Å². The molecule has 3 atom stereocenters. The maximum absolute atomic E-state index is 12.9. The Kier molecular flexibility index (Phi) is 7.24. The number of carbonyl (C=O) groups excluding carboxylic acids is 3. The molecule has 1 heterocycles. The van der Waals surface area contributed by atoms with Crippen LogP contribution in [0.2, 0.25) is 0 Å². The zero-order chi connectivity index (χ0) is 21.8. The van der Waals surface area contributed by atoms with Gasteiger partial charge in [-0.3, -0.25) is 9.69 Å². The van der Waals surface area contributed by atoms with Crippen molar-refractivity contribution in [3.05, 3.63) is 35.4 Å². The van der Waals surface area contributed by atoms with E-state index in [2.05, 4.69) is 10.1 Å². The van der Waals surface area contributed by atoms with Gasteiger partial charge in [0.05, 0.1) is 24.8 Å². The summed E-state index contributed by atoms with van der Waals surface area (Å²) in [5, 5.41) is 12.9. The van der Waals surface area contributed by atoms with Crippen molar-refractivity contribution in [1.29, 1.82) is 0 Å². The highest BCUT2D eigenvalue weighted by molar-refractivity contribution is 5.89. The number of rotatable bonds is 4. The predicted molar refractivity (Wildman–Crippen MR) is 106 cm³/mol. The molecular weight excluding hydrogens is 376 g/mol. The van der Waals surface area contributed by atoms with Gasteiger partial charge in [-0.05, 0) is 51.8 Å². The molecule has 8 nitrogen and oxygen atoms in total. The predicted octanol–water partition coefficient (Wildman–Crippen LogP) is 2.41. The van der Waals surface area contributed by atoms with Gasteiger partial charge < -0.3 is 19.9 Å². The van der Waals surface area contributed by atoms with E-state index >= 15 is 0 Å². The van der Waals surface area contributed by atoms with E-state index in [1.807, 2.05) is 6.92 Å². The quantitative estimate of drug-likeness (QED) is 0.744. The lowest BCUT2D eigenvalue weighted by molar-refractivity contribution is -0.130. The third-order valence-electron chi connectivity index (χ3n) is 4.70. The van der Waals surface area contributed by atoms with E-state index in [4.69, 9.17) is 4.74 Å². The second-order valence-electron chi connectivity index (χ2n) is 8.21. The van der Waals surface area contributed by atoms with Crippen LogP contribution in [-0.2, 0) is 14.3 Å². The van der Waals surface area contributed by atoms with E-state index in [1.54, 1.807) is 45.0 Å². The van der Waals surface area contributed by atoms with Crippen molar-refractivity contribution in [3.63, 3.8) is 0 Å². The molecule has 1 aliphatic rings. The molecule has 160 valence electrons. The Hall–Kier alpha value is -2.61. The van der Waals surface area contributed by atoms with E-state index in [0.717, 1.165) is 5.56 Å². The summed E-state index contributed by atoms with van der Waals surface area (Å²) < 4.78 is 10.1. The molecule has 0 saturated carbocycles. The highest BCUT2D eigenvalue weighted by atomic mass is 16.6. The van der Waals surface area contributed by atoms with Gasteiger partial charge in [-0.2, -0.15) is 0 Å². The number of aliphatic hydroxyl groups is 1. The smallest absolute Gasteiger partial charge is 0.410 e.